The van der Waals surface area contributed by atoms with Gasteiger partial charge in [0.1, 0.15) is 29.5 Å². The quantitative estimate of drug-likeness (QED) is 0.834. The maximum absolute atomic E-state index is 12.4. The molecule has 0 saturated carbocycles. The van der Waals surface area contributed by atoms with Crippen LogP contribution in [0.1, 0.15) is 27.2 Å². The zero-order chi connectivity index (χ0) is 20.1. The van der Waals surface area contributed by atoms with Gasteiger partial charge in [-0.3, -0.25) is 4.90 Å². The number of hydrogen-bond donors (Lipinski definition) is 1. The fraction of sp³-hybridized carbons (Fsp3) is 0.409. The Morgan fingerprint density at radius 2 is 1.64 bits per heavy atom. The molecule has 1 saturated heterocycles. The van der Waals surface area contributed by atoms with Crippen molar-refractivity contribution in [2.45, 2.75) is 44.9 Å². The summed E-state index contributed by atoms with van der Waals surface area (Å²) in [7, 11) is 0. The van der Waals surface area contributed by atoms with Gasteiger partial charge in [0.15, 0.2) is 0 Å². The first-order valence-electron chi connectivity index (χ1n) is 9.43. The van der Waals surface area contributed by atoms with E-state index in [4.69, 9.17) is 14.2 Å². The van der Waals surface area contributed by atoms with Gasteiger partial charge < -0.3 is 19.3 Å². The highest BCUT2D eigenvalue weighted by molar-refractivity contribution is 5.69. The highest BCUT2D eigenvalue weighted by Gasteiger charge is 2.37. The van der Waals surface area contributed by atoms with Crippen molar-refractivity contribution in [1.82, 2.24) is 4.90 Å². The summed E-state index contributed by atoms with van der Waals surface area (Å²) in [6.07, 6.45) is -0.527. The molecule has 0 aromatic heterocycles. The molecule has 0 radical (unpaired) electrons. The predicted molar refractivity (Wildman–Crippen MR) is 106 cm³/mol. The third kappa shape index (κ3) is 5.63. The second-order valence-electron chi connectivity index (χ2n) is 7.87. The molecule has 1 heterocycles. The van der Waals surface area contributed by atoms with Gasteiger partial charge in [0.25, 0.3) is 0 Å². The van der Waals surface area contributed by atoms with Crippen LogP contribution >= 0.6 is 0 Å². The molecule has 150 valence electrons. The standard InChI is InChI=1S/C22H27NO5/c1-22(2,3)28-21(25)23-14-17(24)13-16(23)15-26-18-9-11-20(12-10-18)27-19-7-5-4-6-8-19/h4-12,16-17,24H,13-15H2,1-3H3. The maximum atomic E-state index is 12.4. The van der Waals surface area contributed by atoms with E-state index in [1.165, 1.54) is 0 Å². The predicted octanol–water partition coefficient (Wildman–Crippen LogP) is 4.23. The molecule has 6 nitrogen and oxygen atoms in total. The van der Waals surface area contributed by atoms with Crippen molar-refractivity contribution < 1.29 is 24.1 Å². The summed E-state index contributed by atoms with van der Waals surface area (Å²) < 4.78 is 17.0. The Kier molecular flexibility index (Phi) is 6.09. The van der Waals surface area contributed by atoms with E-state index in [1.54, 1.807) is 4.90 Å². The third-order valence-electron chi connectivity index (χ3n) is 4.27. The van der Waals surface area contributed by atoms with Crippen LogP contribution in [0.5, 0.6) is 17.2 Å². The van der Waals surface area contributed by atoms with Crippen molar-refractivity contribution in [3.8, 4) is 17.2 Å². The van der Waals surface area contributed by atoms with Crippen LogP contribution in [-0.2, 0) is 4.74 Å². The minimum absolute atomic E-state index is 0.231. The molecule has 2 aromatic rings. The molecule has 1 aliphatic heterocycles. The van der Waals surface area contributed by atoms with Gasteiger partial charge in [-0.2, -0.15) is 0 Å². The van der Waals surface area contributed by atoms with Gasteiger partial charge in [0.05, 0.1) is 18.7 Å². The van der Waals surface area contributed by atoms with Gasteiger partial charge in [0, 0.05) is 0 Å². The van der Waals surface area contributed by atoms with Crippen LogP contribution in [-0.4, -0.2) is 47.0 Å². The van der Waals surface area contributed by atoms with Crippen LogP contribution in [0.3, 0.4) is 0 Å². The summed E-state index contributed by atoms with van der Waals surface area (Å²) in [5.74, 6) is 2.15. The molecule has 0 aliphatic carbocycles. The highest BCUT2D eigenvalue weighted by Crippen LogP contribution is 2.25. The number of aliphatic hydroxyl groups excluding tert-OH is 1. The van der Waals surface area contributed by atoms with E-state index < -0.39 is 17.8 Å². The van der Waals surface area contributed by atoms with Crippen molar-refractivity contribution in [3.05, 3.63) is 54.6 Å². The fourth-order valence-electron chi connectivity index (χ4n) is 3.02. The van der Waals surface area contributed by atoms with Crippen LogP contribution in [0.15, 0.2) is 54.6 Å². The molecule has 1 amide bonds. The number of hydrogen-bond acceptors (Lipinski definition) is 5. The molecule has 3 rings (SSSR count). The fourth-order valence-corrected chi connectivity index (χ4v) is 3.02. The Bertz CT molecular complexity index is 770. The summed E-state index contributed by atoms with van der Waals surface area (Å²) >= 11 is 0. The van der Waals surface area contributed by atoms with Crippen LogP contribution in [0.2, 0.25) is 0 Å². The van der Waals surface area contributed by atoms with E-state index in [0.717, 1.165) is 5.75 Å². The molecule has 2 atom stereocenters. The third-order valence-corrected chi connectivity index (χ3v) is 4.27. The summed E-state index contributed by atoms with van der Waals surface area (Å²) in [4.78, 5) is 13.9. The number of benzene rings is 2. The van der Waals surface area contributed by atoms with Crippen molar-refractivity contribution >= 4 is 6.09 Å². The average Bonchev–Trinajstić information content (AvgIpc) is 3.02. The number of rotatable bonds is 5. The average molecular weight is 385 g/mol. The number of carbonyl (C=O) groups excluding carboxylic acids is 1. The second-order valence-corrected chi connectivity index (χ2v) is 7.87. The van der Waals surface area contributed by atoms with Gasteiger partial charge in [-0.1, -0.05) is 18.2 Å². The first-order valence-corrected chi connectivity index (χ1v) is 9.43. The first kappa shape index (κ1) is 20.0. The van der Waals surface area contributed by atoms with E-state index in [2.05, 4.69) is 0 Å². The van der Waals surface area contributed by atoms with E-state index in [1.807, 2.05) is 75.4 Å². The number of likely N-dealkylation sites (tertiary alicyclic amines) is 1. The van der Waals surface area contributed by atoms with E-state index in [0.29, 0.717) is 17.9 Å². The SMILES string of the molecule is CC(C)(C)OC(=O)N1CC(O)CC1COc1ccc(Oc2ccccc2)cc1. The van der Waals surface area contributed by atoms with E-state index >= 15 is 0 Å². The van der Waals surface area contributed by atoms with Crippen molar-refractivity contribution in [2.75, 3.05) is 13.2 Å². The number of para-hydroxylation sites is 1. The molecule has 1 aliphatic rings. The lowest BCUT2D eigenvalue weighted by Gasteiger charge is -2.28. The summed E-state index contributed by atoms with van der Waals surface area (Å²) in [6, 6.07) is 16.6. The number of β-amino-alcohol motifs (C(OH)–C–C–N with tert-alkyl or cyclic N) is 1. The topological polar surface area (TPSA) is 68.2 Å². The minimum atomic E-state index is -0.579. The lowest BCUT2D eigenvalue weighted by molar-refractivity contribution is 0.0173. The molecule has 1 fully saturated rings. The number of nitrogens with zero attached hydrogens (tertiary/aromatic N) is 1. The number of carbonyl (C=O) groups is 1. The summed E-state index contributed by atoms with van der Waals surface area (Å²) in [5, 5.41) is 9.97. The molecule has 0 bridgehead atoms. The summed E-state index contributed by atoms with van der Waals surface area (Å²) in [6.45, 7) is 6.01. The number of ether oxygens (including phenoxy) is 3. The maximum Gasteiger partial charge on any atom is 0.410 e. The van der Waals surface area contributed by atoms with Crippen LogP contribution < -0.4 is 9.47 Å². The van der Waals surface area contributed by atoms with Crippen LogP contribution in [0.4, 0.5) is 4.79 Å². The molecular formula is C22H27NO5. The highest BCUT2D eigenvalue weighted by atomic mass is 16.6. The molecule has 28 heavy (non-hydrogen) atoms. The molecule has 2 aromatic carbocycles. The van der Waals surface area contributed by atoms with Gasteiger partial charge in [-0.15, -0.1) is 0 Å². The molecular weight excluding hydrogens is 358 g/mol. The Hall–Kier alpha value is -2.73. The summed E-state index contributed by atoms with van der Waals surface area (Å²) in [5.41, 5.74) is -0.579. The molecule has 2 unspecified atom stereocenters. The molecule has 6 heteroatoms. The minimum Gasteiger partial charge on any atom is -0.491 e. The van der Waals surface area contributed by atoms with Crippen molar-refractivity contribution in [3.63, 3.8) is 0 Å². The van der Waals surface area contributed by atoms with Crippen molar-refractivity contribution in [2.24, 2.45) is 0 Å². The van der Waals surface area contributed by atoms with Crippen LogP contribution in [0, 0.1) is 0 Å². The number of aliphatic hydroxyl groups is 1. The first-order chi connectivity index (χ1) is 13.3. The van der Waals surface area contributed by atoms with E-state index in [-0.39, 0.29) is 19.2 Å². The monoisotopic (exact) mass is 385 g/mol. The Morgan fingerprint density at radius 3 is 2.29 bits per heavy atom. The Labute approximate surface area is 165 Å². The van der Waals surface area contributed by atoms with Gasteiger partial charge in [0.2, 0.25) is 0 Å². The Balaban J connectivity index is 1.55. The van der Waals surface area contributed by atoms with E-state index in [9.17, 15) is 9.90 Å². The lowest BCUT2D eigenvalue weighted by Crippen LogP contribution is -2.42. The number of amides is 1. The molecule has 0 spiro atoms. The van der Waals surface area contributed by atoms with Gasteiger partial charge >= 0.3 is 6.09 Å². The normalized spacial score (nSPS) is 19.4. The zero-order valence-electron chi connectivity index (χ0n) is 16.5. The van der Waals surface area contributed by atoms with Crippen LogP contribution in [0.25, 0.3) is 0 Å². The zero-order valence-corrected chi connectivity index (χ0v) is 16.5. The Morgan fingerprint density at radius 1 is 1.04 bits per heavy atom. The van der Waals surface area contributed by atoms with Gasteiger partial charge in [-0.05, 0) is 63.6 Å². The molecule has 1 N–H and O–H groups in total. The lowest BCUT2D eigenvalue weighted by atomic mass is 10.2. The van der Waals surface area contributed by atoms with Crippen molar-refractivity contribution in [1.29, 1.82) is 0 Å². The smallest absolute Gasteiger partial charge is 0.410 e. The second kappa shape index (κ2) is 8.52. The van der Waals surface area contributed by atoms with Gasteiger partial charge in [-0.25, -0.2) is 4.79 Å². The largest absolute Gasteiger partial charge is 0.491 e.